The standard InChI is InChI=1S/C17H29N3O/c1-6-10-18-12-15-11-14(3)8-9-16(15)20(7-2)13-17(21)19(4)5/h8-9,11,18H,6-7,10,12-13H2,1-5H3. The lowest BCUT2D eigenvalue weighted by Crippen LogP contribution is -2.37. The zero-order chi connectivity index (χ0) is 15.8. The first-order valence-corrected chi connectivity index (χ1v) is 7.74. The molecule has 0 aliphatic rings. The van der Waals surface area contributed by atoms with E-state index in [4.69, 9.17) is 0 Å². The van der Waals surface area contributed by atoms with Crippen LogP contribution in [0.4, 0.5) is 5.69 Å². The monoisotopic (exact) mass is 291 g/mol. The van der Waals surface area contributed by atoms with Gasteiger partial charge in [0.25, 0.3) is 0 Å². The maximum atomic E-state index is 12.0. The van der Waals surface area contributed by atoms with Crippen LogP contribution in [0.3, 0.4) is 0 Å². The van der Waals surface area contributed by atoms with Gasteiger partial charge in [0, 0.05) is 32.9 Å². The second-order valence-corrected chi connectivity index (χ2v) is 5.61. The highest BCUT2D eigenvalue weighted by atomic mass is 16.2. The molecule has 4 nitrogen and oxygen atoms in total. The lowest BCUT2D eigenvalue weighted by Gasteiger charge is -2.27. The highest BCUT2D eigenvalue weighted by Gasteiger charge is 2.14. The van der Waals surface area contributed by atoms with Crippen LogP contribution in [0.5, 0.6) is 0 Å². The Labute approximate surface area is 129 Å². The molecular weight excluding hydrogens is 262 g/mol. The molecule has 0 saturated heterocycles. The van der Waals surface area contributed by atoms with Gasteiger partial charge >= 0.3 is 0 Å². The average Bonchev–Trinajstić information content (AvgIpc) is 2.45. The van der Waals surface area contributed by atoms with Gasteiger partial charge in [-0.05, 0) is 38.4 Å². The Kier molecular flexibility index (Phi) is 7.23. The van der Waals surface area contributed by atoms with E-state index in [0.717, 1.165) is 31.7 Å². The summed E-state index contributed by atoms with van der Waals surface area (Å²) in [5, 5.41) is 3.45. The van der Waals surface area contributed by atoms with Crippen molar-refractivity contribution < 1.29 is 4.79 Å². The third-order valence-corrected chi connectivity index (χ3v) is 3.52. The number of carbonyl (C=O) groups excluding carboxylic acids is 1. The topological polar surface area (TPSA) is 35.6 Å². The molecule has 0 aliphatic carbocycles. The smallest absolute Gasteiger partial charge is 0.241 e. The molecule has 1 N–H and O–H groups in total. The van der Waals surface area contributed by atoms with Gasteiger partial charge in [-0.25, -0.2) is 0 Å². The van der Waals surface area contributed by atoms with Gasteiger partial charge in [-0.3, -0.25) is 4.79 Å². The van der Waals surface area contributed by atoms with E-state index in [9.17, 15) is 4.79 Å². The second-order valence-electron chi connectivity index (χ2n) is 5.61. The van der Waals surface area contributed by atoms with Crippen LogP contribution in [0.25, 0.3) is 0 Å². The molecular formula is C17H29N3O. The summed E-state index contributed by atoms with van der Waals surface area (Å²) < 4.78 is 0. The molecule has 1 amide bonds. The summed E-state index contributed by atoms with van der Waals surface area (Å²) >= 11 is 0. The minimum atomic E-state index is 0.130. The third kappa shape index (κ3) is 5.38. The van der Waals surface area contributed by atoms with Crippen LogP contribution in [-0.2, 0) is 11.3 Å². The number of anilines is 1. The Morgan fingerprint density at radius 2 is 1.95 bits per heavy atom. The molecule has 4 heteroatoms. The summed E-state index contributed by atoms with van der Waals surface area (Å²) in [6.07, 6.45) is 1.12. The number of rotatable bonds is 8. The molecule has 0 heterocycles. The first-order chi connectivity index (χ1) is 9.99. The van der Waals surface area contributed by atoms with Crippen LogP contribution in [-0.4, -0.2) is 44.5 Å². The average molecular weight is 291 g/mol. The van der Waals surface area contributed by atoms with E-state index in [1.165, 1.54) is 11.1 Å². The number of hydrogen-bond acceptors (Lipinski definition) is 3. The highest BCUT2D eigenvalue weighted by molar-refractivity contribution is 5.81. The summed E-state index contributed by atoms with van der Waals surface area (Å²) in [4.78, 5) is 15.8. The fourth-order valence-electron chi connectivity index (χ4n) is 2.24. The number of aryl methyl sites for hydroxylation is 1. The van der Waals surface area contributed by atoms with Gasteiger partial charge < -0.3 is 15.1 Å². The van der Waals surface area contributed by atoms with E-state index in [1.807, 2.05) is 0 Å². The van der Waals surface area contributed by atoms with Gasteiger partial charge in [-0.2, -0.15) is 0 Å². The van der Waals surface area contributed by atoms with E-state index in [1.54, 1.807) is 19.0 Å². The molecule has 0 saturated carbocycles. The van der Waals surface area contributed by atoms with E-state index in [-0.39, 0.29) is 5.91 Å². The second kappa shape index (κ2) is 8.67. The molecule has 0 atom stereocenters. The summed E-state index contributed by atoms with van der Waals surface area (Å²) in [5.41, 5.74) is 3.67. The van der Waals surface area contributed by atoms with Crippen molar-refractivity contribution >= 4 is 11.6 Å². The van der Waals surface area contributed by atoms with Crippen LogP contribution in [0, 0.1) is 6.92 Å². The summed E-state index contributed by atoms with van der Waals surface area (Å²) in [5.74, 6) is 0.130. The molecule has 0 aromatic heterocycles. The Bertz CT molecular complexity index is 457. The number of carbonyl (C=O) groups is 1. The van der Waals surface area contributed by atoms with Crippen molar-refractivity contribution in [2.75, 3.05) is 38.6 Å². The van der Waals surface area contributed by atoms with Crippen LogP contribution in [0.15, 0.2) is 18.2 Å². The minimum absolute atomic E-state index is 0.130. The van der Waals surface area contributed by atoms with Crippen molar-refractivity contribution in [3.05, 3.63) is 29.3 Å². The number of likely N-dealkylation sites (N-methyl/N-ethyl adjacent to an activating group) is 2. The Hall–Kier alpha value is -1.55. The zero-order valence-corrected chi connectivity index (χ0v) is 14.1. The van der Waals surface area contributed by atoms with E-state index < -0.39 is 0 Å². The number of nitrogens with one attached hydrogen (secondary N) is 1. The lowest BCUT2D eigenvalue weighted by atomic mass is 10.1. The molecule has 0 unspecified atom stereocenters. The fourth-order valence-corrected chi connectivity index (χ4v) is 2.24. The quantitative estimate of drug-likeness (QED) is 0.747. The van der Waals surface area contributed by atoms with Gasteiger partial charge in [0.1, 0.15) is 0 Å². The molecule has 118 valence electrons. The van der Waals surface area contributed by atoms with Gasteiger partial charge in [0.15, 0.2) is 0 Å². The molecule has 1 rings (SSSR count). The van der Waals surface area contributed by atoms with Gasteiger partial charge in [0.2, 0.25) is 5.91 Å². The van der Waals surface area contributed by atoms with E-state index >= 15 is 0 Å². The van der Waals surface area contributed by atoms with Crippen molar-refractivity contribution in [1.82, 2.24) is 10.2 Å². The van der Waals surface area contributed by atoms with Crippen LogP contribution in [0.2, 0.25) is 0 Å². The lowest BCUT2D eigenvalue weighted by molar-refractivity contribution is -0.127. The summed E-state index contributed by atoms with van der Waals surface area (Å²) in [6.45, 7) is 9.46. The molecule has 1 aromatic rings. The molecule has 1 aromatic carbocycles. The first kappa shape index (κ1) is 17.5. The number of nitrogens with zero attached hydrogens (tertiary/aromatic N) is 2. The predicted octanol–water partition coefficient (Wildman–Crippen LogP) is 2.41. The van der Waals surface area contributed by atoms with Crippen molar-refractivity contribution in [3.63, 3.8) is 0 Å². The molecule has 0 fully saturated rings. The van der Waals surface area contributed by atoms with Crippen LogP contribution in [0.1, 0.15) is 31.4 Å². The maximum absolute atomic E-state index is 12.0. The Balaban J connectivity index is 2.93. The highest BCUT2D eigenvalue weighted by Crippen LogP contribution is 2.22. The third-order valence-electron chi connectivity index (χ3n) is 3.52. The van der Waals surface area contributed by atoms with Crippen molar-refractivity contribution in [2.45, 2.75) is 33.7 Å². The number of benzene rings is 1. The zero-order valence-electron chi connectivity index (χ0n) is 14.1. The minimum Gasteiger partial charge on any atom is -0.362 e. The normalized spacial score (nSPS) is 10.5. The molecule has 0 radical (unpaired) electrons. The van der Waals surface area contributed by atoms with Crippen LogP contribution < -0.4 is 10.2 Å². The SMILES string of the molecule is CCCNCc1cc(C)ccc1N(CC)CC(=O)N(C)C. The van der Waals surface area contributed by atoms with E-state index in [2.05, 4.69) is 49.2 Å². The summed E-state index contributed by atoms with van der Waals surface area (Å²) in [7, 11) is 3.60. The molecule has 21 heavy (non-hydrogen) atoms. The molecule has 0 bridgehead atoms. The van der Waals surface area contributed by atoms with Crippen LogP contribution >= 0.6 is 0 Å². The van der Waals surface area contributed by atoms with Gasteiger partial charge in [-0.15, -0.1) is 0 Å². The fraction of sp³-hybridized carbons (Fsp3) is 0.588. The summed E-state index contributed by atoms with van der Waals surface area (Å²) in [6, 6.07) is 6.45. The van der Waals surface area contributed by atoms with Gasteiger partial charge in [0.05, 0.1) is 6.54 Å². The van der Waals surface area contributed by atoms with Crippen molar-refractivity contribution in [3.8, 4) is 0 Å². The van der Waals surface area contributed by atoms with Crippen molar-refractivity contribution in [2.24, 2.45) is 0 Å². The Morgan fingerprint density at radius 3 is 2.52 bits per heavy atom. The molecule has 0 spiro atoms. The maximum Gasteiger partial charge on any atom is 0.241 e. The Morgan fingerprint density at radius 1 is 1.24 bits per heavy atom. The number of hydrogen-bond donors (Lipinski definition) is 1. The van der Waals surface area contributed by atoms with Gasteiger partial charge in [-0.1, -0.05) is 24.6 Å². The number of amides is 1. The van der Waals surface area contributed by atoms with E-state index in [0.29, 0.717) is 6.54 Å². The predicted molar refractivity (Wildman–Crippen MR) is 89.8 cm³/mol. The van der Waals surface area contributed by atoms with Crippen molar-refractivity contribution in [1.29, 1.82) is 0 Å². The first-order valence-electron chi connectivity index (χ1n) is 7.74. The molecule has 0 aliphatic heterocycles. The largest absolute Gasteiger partial charge is 0.362 e.